The molecule has 3 aliphatic heterocycles. The lowest BCUT2D eigenvalue weighted by atomic mass is 9.62. The van der Waals surface area contributed by atoms with Gasteiger partial charge in [-0.1, -0.05) is 0 Å². The molecule has 0 aliphatic carbocycles. The number of piperidine rings is 1. The number of carbonyl (C=O) groups excluding carboxylic acids is 2. The van der Waals surface area contributed by atoms with Crippen molar-refractivity contribution in [3.8, 4) is 0 Å². The lowest BCUT2D eigenvalue weighted by molar-refractivity contribution is -0.233. The number of hydrogen-bond acceptors (Lipinski definition) is 4. The maximum Gasteiger partial charge on any atom is 0.327 e. The van der Waals surface area contributed by atoms with Crippen molar-refractivity contribution in [1.82, 2.24) is 4.90 Å². The fraction of sp³-hybridized carbons (Fsp3) is 0.846. The van der Waals surface area contributed by atoms with Crippen LogP contribution in [0.3, 0.4) is 0 Å². The van der Waals surface area contributed by atoms with Gasteiger partial charge >= 0.3 is 5.97 Å². The van der Waals surface area contributed by atoms with Crippen molar-refractivity contribution in [1.29, 1.82) is 0 Å². The third-order valence-electron chi connectivity index (χ3n) is 4.39. The van der Waals surface area contributed by atoms with Crippen LogP contribution in [0.15, 0.2) is 0 Å². The average molecular weight is 237 g/mol. The van der Waals surface area contributed by atoms with Crippen molar-refractivity contribution in [3.05, 3.63) is 0 Å². The van der Waals surface area contributed by atoms with Crippen LogP contribution in [-0.4, -0.2) is 39.9 Å². The summed E-state index contributed by atoms with van der Waals surface area (Å²) in [5.74, 6) is -0.138. The fourth-order valence-electron chi connectivity index (χ4n) is 3.90. The molecule has 3 saturated heterocycles. The Bertz CT molecular complexity index is 400. The Morgan fingerprint density at radius 1 is 1.47 bits per heavy atom. The second-order valence-electron chi connectivity index (χ2n) is 6.70. The van der Waals surface area contributed by atoms with Gasteiger partial charge in [-0.15, -0.1) is 0 Å². The number of esters is 1. The Hall–Kier alpha value is -0.900. The largest absolute Gasteiger partial charge is 0.459 e. The van der Waals surface area contributed by atoms with Crippen LogP contribution in [0, 0.1) is 0 Å². The molecule has 3 atom stereocenters. The zero-order chi connectivity index (χ0) is 12.5. The van der Waals surface area contributed by atoms with Crippen molar-refractivity contribution >= 4 is 12.3 Å². The van der Waals surface area contributed by atoms with Gasteiger partial charge in [0.15, 0.2) is 0 Å². The van der Waals surface area contributed by atoms with Gasteiger partial charge in [0.1, 0.15) is 17.4 Å². The molecule has 17 heavy (non-hydrogen) atoms. The van der Waals surface area contributed by atoms with Crippen LogP contribution in [0.5, 0.6) is 0 Å². The van der Waals surface area contributed by atoms with Crippen LogP contribution in [0.25, 0.3) is 0 Å². The van der Waals surface area contributed by atoms with Gasteiger partial charge in [0.2, 0.25) is 0 Å². The van der Waals surface area contributed by atoms with E-state index in [1.165, 1.54) is 0 Å². The van der Waals surface area contributed by atoms with Crippen LogP contribution in [0.4, 0.5) is 0 Å². The Morgan fingerprint density at radius 2 is 2.18 bits per heavy atom. The molecular formula is C13H19NO3. The van der Waals surface area contributed by atoms with Crippen LogP contribution in [0.2, 0.25) is 0 Å². The number of hydrogen-bond donors (Lipinski definition) is 0. The van der Waals surface area contributed by atoms with Gasteiger partial charge in [0.25, 0.3) is 0 Å². The number of rotatable bonds is 2. The van der Waals surface area contributed by atoms with Gasteiger partial charge in [-0.25, -0.2) is 0 Å². The molecule has 0 radical (unpaired) electrons. The van der Waals surface area contributed by atoms with E-state index in [2.05, 4.69) is 4.90 Å². The Balaban J connectivity index is 1.79. The highest BCUT2D eigenvalue weighted by atomic mass is 16.6. The van der Waals surface area contributed by atoms with Crippen LogP contribution in [-0.2, 0) is 14.3 Å². The molecule has 4 nitrogen and oxygen atoms in total. The smallest absolute Gasteiger partial charge is 0.327 e. The lowest BCUT2D eigenvalue weighted by Crippen LogP contribution is -2.84. The highest BCUT2D eigenvalue weighted by molar-refractivity contribution is 5.89. The van der Waals surface area contributed by atoms with Crippen LogP contribution < -0.4 is 0 Å². The minimum atomic E-state index is -0.463. The third-order valence-corrected chi connectivity index (χ3v) is 4.39. The van der Waals surface area contributed by atoms with Crippen LogP contribution >= 0.6 is 0 Å². The Kier molecular flexibility index (Phi) is 1.92. The first-order valence-corrected chi connectivity index (χ1v) is 6.32. The van der Waals surface area contributed by atoms with Gasteiger partial charge in [0.05, 0.1) is 5.54 Å². The van der Waals surface area contributed by atoms with Gasteiger partial charge in [-0.05, 0) is 40.0 Å². The molecule has 0 aromatic heterocycles. The number of aldehydes is 1. The molecule has 0 aromatic rings. The molecular weight excluding hydrogens is 218 g/mol. The molecule has 3 rings (SSSR count). The van der Waals surface area contributed by atoms with Crippen molar-refractivity contribution in [2.45, 2.75) is 69.2 Å². The van der Waals surface area contributed by atoms with E-state index in [4.69, 9.17) is 4.74 Å². The van der Waals surface area contributed by atoms with E-state index in [1.54, 1.807) is 0 Å². The van der Waals surface area contributed by atoms with Gasteiger partial charge < -0.3 is 9.53 Å². The van der Waals surface area contributed by atoms with Gasteiger partial charge in [-0.2, -0.15) is 0 Å². The van der Waals surface area contributed by atoms with Gasteiger partial charge in [0, 0.05) is 12.5 Å². The van der Waals surface area contributed by atoms with Gasteiger partial charge in [-0.3, -0.25) is 9.69 Å². The monoisotopic (exact) mass is 237 g/mol. The number of nitrogens with zero attached hydrogens (tertiary/aromatic N) is 1. The van der Waals surface area contributed by atoms with Crippen molar-refractivity contribution < 1.29 is 14.3 Å². The topological polar surface area (TPSA) is 46.6 Å². The molecule has 3 unspecified atom stereocenters. The summed E-state index contributed by atoms with van der Waals surface area (Å²) in [4.78, 5) is 25.5. The molecule has 0 spiro atoms. The van der Waals surface area contributed by atoms with E-state index in [-0.39, 0.29) is 11.5 Å². The van der Waals surface area contributed by atoms with E-state index >= 15 is 0 Å². The first-order valence-electron chi connectivity index (χ1n) is 6.32. The summed E-state index contributed by atoms with van der Waals surface area (Å²) >= 11 is 0. The standard InChI is InChI=1S/C13H19NO3/c1-11(2,3)17-10(16)13-6-9-4-5-12(7-13,8-15)14(9)13/h8-9H,4-7H2,1-3H3. The summed E-state index contributed by atoms with van der Waals surface area (Å²) < 4.78 is 5.48. The molecule has 3 heterocycles. The zero-order valence-corrected chi connectivity index (χ0v) is 10.7. The maximum atomic E-state index is 12.2. The average Bonchev–Trinajstić information content (AvgIpc) is 2.33. The lowest BCUT2D eigenvalue weighted by Gasteiger charge is -2.68. The molecule has 0 aromatic carbocycles. The summed E-state index contributed by atoms with van der Waals surface area (Å²) in [6, 6.07) is 0.432. The molecule has 0 amide bonds. The second kappa shape index (κ2) is 2.91. The molecule has 94 valence electrons. The summed E-state index contributed by atoms with van der Waals surface area (Å²) in [6.07, 6.45) is 4.52. The highest BCUT2D eigenvalue weighted by Crippen LogP contribution is 2.64. The number of ether oxygens (including phenoxy) is 1. The molecule has 0 bridgehead atoms. The highest BCUT2D eigenvalue weighted by Gasteiger charge is 2.77. The summed E-state index contributed by atoms with van der Waals surface area (Å²) in [6.45, 7) is 5.65. The normalized spacial score (nSPS) is 43.4. The summed E-state index contributed by atoms with van der Waals surface area (Å²) in [7, 11) is 0. The van der Waals surface area contributed by atoms with E-state index in [0.29, 0.717) is 12.5 Å². The van der Waals surface area contributed by atoms with Crippen LogP contribution in [0.1, 0.15) is 46.5 Å². The van der Waals surface area contributed by atoms with E-state index in [9.17, 15) is 9.59 Å². The minimum Gasteiger partial charge on any atom is -0.459 e. The first-order chi connectivity index (χ1) is 7.83. The fourth-order valence-corrected chi connectivity index (χ4v) is 3.90. The maximum absolute atomic E-state index is 12.2. The predicted molar refractivity (Wildman–Crippen MR) is 61.5 cm³/mol. The third kappa shape index (κ3) is 1.22. The van der Waals surface area contributed by atoms with Crippen molar-refractivity contribution in [3.63, 3.8) is 0 Å². The predicted octanol–water partition coefficient (Wildman–Crippen LogP) is 1.28. The molecule has 0 saturated carbocycles. The van der Waals surface area contributed by atoms with E-state index < -0.39 is 11.1 Å². The quantitative estimate of drug-likeness (QED) is 0.536. The molecule has 0 N–H and O–H groups in total. The summed E-state index contributed by atoms with van der Waals surface area (Å²) in [5.41, 5.74) is -1.24. The molecule has 3 fully saturated rings. The Labute approximate surface area is 101 Å². The molecule has 4 heteroatoms. The zero-order valence-electron chi connectivity index (χ0n) is 10.7. The van der Waals surface area contributed by atoms with E-state index in [0.717, 1.165) is 25.5 Å². The van der Waals surface area contributed by atoms with E-state index in [1.807, 2.05) is 20.8 Å². The Morgan fingerprint density at radius 3 is 2.76 bits per heavy atom. The SMILES string of the molecule is CC(C)(C)OC(=O)C12CC3CCC(C=O)(C1)N32. The minimum absolute atomic E-state index is 0.138. The van der Waals surface area contributed by atoms with Crippen molar-refractivity contribution in [2.24, 2.45) is 0 Å². The molecule has 3 aliphatic rings. The number of carbonyl (C=O) groups is 2. The second-order valence-corrected chi connectivity index (χ2v) is 6.70. The summed E-state index contributed by atoms with van der Waals surface area (Å²) in [5, 5.41) is 0. The van der Waals surface area contributed by atoms with Crippen molar-refractivity contribution in [2.75, 3.05) is 0 Å². The first kappa shape index (κ1) is 11.2.